The van der Waals surface area contributed by atoms with Crippen LogP contribution in [0.3, 0.4) is 0 Å². The van der Waals surface area contributed by atoms with E-state index in [9.17, 15) is 10.0 Å². The molecule has 166 valence electrons. The number of hydrogen-bond donors (Lipinski definition) is 2. The smallest absolute Gasteiger partial charge is 0.161 e. The maximum Gasteiger partial charge on any atom is 0.161 e. The fourth-order valence-corrected chi connectivity index (χ4v) is 3.64. The van der Waals surface area contributed by atoms with Crippen LogP contribution in [0.4, 0.5) is 0 Å². The number of aliphatic hydroxyl groups excluding tert-OH is 1. The number of hydrogen-bond acceptors (Lipinski definition) is 6. The van der Waals surface area contributed by atoms with Crippen molar-refractivity contribution >= 4 is 21.8 Å². The highest BCUT2D eigenvalue weighted by Gasteiger charge is 2.15. The van der Waals surface area contributed by atoms with Crippen molar-refractivity contribution in [3.8, 4) is 17.2 Å². The molecule has 1 heterocycles. The molecule has 0 fully saturated rings. The van der Waals surface area contributed by atoms with Gasteiger partial charge in [-0.1, -0.05) is 36.4 Å². The molecule has 8 heteroatoms. The van der Waals surface area contributed by atoms with Crippen molar-refractivity contribution in [3.05, 3.63) is 71.6 Å². The Morgan fingerprint density at radius 2 is 1.66 bits per heavy atom. The lowest BCUT2D eigenvalue weighted by atomic mass is 10.1. The minimum absolute atomic E-state index is 0.0258. The molecule has 0 saturated carbocycles. The molecule has 1 atom stereocenters. The lowest BCUT2D eigenvalue weighted by molar-refractivity contribution is 0.0640. The summed E-state index contributed by atoms with van der Waals surface area (Å²) in [6.07, 6.45) is -0.903. The zero-order valence-corrected chi connectivity index (χ0v) is 17.7. The lowest BCUT2D eigenvalue weighted by Gasteiger charge is -2.20. The predicted molar refractivity (Wildman–Crippen MR) is 123 cm³/mol. The number of rotatable bonds is 11. The minimum atomic E-state index is -0.903. The van der Waals surface area contributed by atoms with Crippen LogP contribution in [0, 0.1) is 4.91 Å². The first-order valence-electron chi connectivity index (χ1n) is 10.3. The Kier molecular flexibility index (Phi) is 6.72. The standard InChI is InChI=1S/C24H25N3O5/c1-30-21-10-4-5-11-22(21)31-14-13-27(26-29)15-17(28)16-32-23-12-6-9-20-24(23)18-7-2-3-8-19(18)25-20/h2-12,17,25,28H,13-16H2,1H3. The summed E-state index contributed by atoms with van der Waals surface area (Å²) in [4.78, 5) is 14.6. The van der Waals surface area contributed by atoms with Gasteiger partial charge in [0.25, 0.3) is 0 Å². The Labute approximate surface area is 185 Å². The summed E-state index contributed by atoms with van der Waals surface area (Å²) in [6, 6.07) is 21.0. The van der Waals surface area contributed by atoms with Crippen LogP contribution in [0.25, 0.3) is 21.8 Å². The second kappa shape index (κ2) is 10.0. The molecule has 0 aliphatic rings. The number of ether oxygens (including phenoxy) is 3. The Morgan fingerprint density at radius 1 is 0.938 bits per heavy atom. The van der Waals surface area contributed by atoms with Gasteiger partial charge in [0.2, 0.25) is 0 Å². The van der Waals surface area contributed by atoms with E-state index in [1.54, 1.807) is 19.2 Å². The maximum atomic E-state index is 11.2. The number of aliphatic hydroxyl groups is 1. The van der Waals surface area contributed by atoms with Crippen LogP contribution in [0.5, 0.6) is 17.2 Å². The first-order valence-corrected chi connectivity index (χ1v) is 10.3. The number of aromatic nitrogens is 1. The van der Waals surface area contributed by atoms with Crippen molar-refractivity contribution in [2.75, 3.05) is 33.4 Å². The van der Waals surface area contributed by atoms with Gasteiger partial charge in [0.15, 0.2) is 11.5 Å². The monoisotopic (exact) mass is 435 g/mol. The molecule has 8 nitrogen and oxygen atoms in total. The molecule has 2 N–H and O–H groups in total. The molecule has 32 heavy (non-hydrogen) atoms. The van der Waals surface area contributed by atoms with Crippen LogP contribution in [-0.2, 0) is 0 Å². The second-order valence-corrected chi connectivity index (χ2v) is 7.31. The predicted octanol–water partition coefficient (Wildman–Crippen LogP) is 4.13. The highest BCUT2D eigenvalue weighted by molar-refractivity contribution is 6.10. The summed E-state index contributed by atoms with van der Waals surface area (Å²) in [5.41, 5.74) is 1.98. The zero-order chi connectivity index (χ0) is 22.3. The molecule has 1 unspecified atom stereocenters. The van der Waals surface area contributed by atoms with Gasteiger partial charge in [-0.05, 0) is 30.3 Å². The molecular weight excluding hydrogens is 410 g/mol. The first-order chi connectivity index (χ1) is 15.7. The number of nitroso groups, excluding NO2 is 1. The Bertz CT molecular complexity index is 1190. The molecular formula is C24H25N3O5. The molecule has 0 saturated heterocycles. The molecule has 0 radical (unpaired) electrons. The minimum Gasteiger partial charge on any atom is -0.493 e. The quantitative estimate of drug-likeness (QED) is 0.272. The van der Waals surface area contributed by atoms with Crippen LogP contribution >= 0.6 is 0 Å². The third-order valence-corrected chi connectivity index (χ3v) is 5.14. The summed E-state index contributed by atoms with van der Waals surface area (Å²) in [5.74, 6) is 1.86. The van der Waals surface area contributed by atoms with E-state index in [2.05, 4.69) is 10.3 Å². The zero-order valence-electron chi connectivity index (χ0n) is 17.7. The number of nitrogens with one attached hydrogen (secondary N) is 1. The van der Waals surface area contributed by atoms with Crippen LogP contribution in [-0.4, -0.2) is 54.6 Å². The molecule has 0 bridgehead atoms. The van der Waals surface area contributed by atoms with Gasteiger partial charge in [-0.3, -0.25) is 5.01 Å². The lowest BCUT2D eigenvalue weighted by Crippen LogP contribution is -2.34. The fraction of sp³-hybridized carbons (Fsp3) is 0.250. The van der Waals surface area contributed by atoms with Gasteiger partial charge >= 0.3 is 0 Å². The Hall–Kier alpha value is -3.78. The highest BCUT2D eigenvalue weighted by Crippen LogP contribution is 2.33. The van der Waals surface area contributed by atoms with Crippen molar-refractivity contribution in [3.63, 3.8) is 0 Å². The van der Waals surface area contributed by atoms with E-state index in [4.69, 9.17) is 14.2 Å². The number of H-pyrrole nitrogens is 1. The van der Waals surface area contributed by atoms with Crippen molar-refractivity contribution in [1.29, 1.82) is 0 Å². The molecule has 4 rings (SSSR count). The maximum absolute atomic E-state index is 11.2. The van der Waals surface area contributed by atoms with Crippen LogP contribution < -0.4 is 14.2 Å². The number of para-hydroxylation sites is 3. The molecule has 0 amide bonds. The number of nitrogens with zero attached hydrogens (tertiary/aromatic N) is 2. The van der Waals surface area contributed by atoms with Crippen LogP contribution in [0.2, 0.25) is 0 Å². The Balaban J connectivity index is 1.33. The third-order valence-electron chi connectivity index (χ3n) is 5.14. The van der Waals surface area contributed by atoms with E-state index >= 15 is 0 Å². The van der Waals surface area contributed by atoms with E-state index in [-0.39, 0.29) is 26.3 Å². The number of benzene rings is 3. The summed E-state index contributed by atoms with van der Waals surface area (Å²) >= 11 is 0. The first kappa shape index (κ1) is 21.5. The summed E-state index contributed by atoms with van der Waals surface area (Å²) in [5, 5.41) is 16.6. The van der Waals surface area contributed by atoms with Crippen molar-refractivity contribution < 1.29 is 19.3 Å². The average molecular weight is 435 g/mol. The molecule has 0 aliphatic heterocycles. The summed E-state index contributed by atoms with van der Waals surface area (Å²) in [7, 11) is 1.56. The Morgan fingerprint density at radius 3 is 2.47 bits per heavy atom. The van der Waals surface area contributed by atoms with Crippen LogP contribution in [0.1, 0.15) is 0 Å². The van der Waals surface area contributed by atoms with E-state index in [1.807, 2.05) is 54.6 Å². The molecule has 3 aromatic carbocycles. The summed E-state index contributed by atoms with van der Waals surface area (Å²) in [6.45, 7) is 0.492. The van der Waals surface area contributed by atoms with Crippen molar-refractivity contribution in [2.24, 2.45) is 5.29 Å². The van der Waals surface area contributed by atoms with E-state index < -0.39 is 6.10 Å². The van der Waals surface area contributed by atoms with Gasteiger partial charge in [0.1, 0.15) is 25.1 Å². The largest absolute Gasteiger partial charge is 0.493 e. The van der Waals surface area contributed by atoms with Crippen molar-refractivity contribution in [1.82, 2.24) is 9.99 Å². The molecule has 0 spiro atoms. The van der Waals surface area contributed by atoms with Crippen LogP contribution in [0.15, 0.2) is 72.0 Å². The molecule has 4 aromatic rings. The van der Waals surface area contributed by atoms with E-state index in [1.165, 1.54) is 5.01 Å². The van der Waals surface area contributed by atoms with Gasteiger partial charge in [0, 0.05) is 16.3 Å². The van der Waals surface area contributed by atoms with E-state index in [0.29, 0.717) is 17.2 Å². The van der Waals surface area contributed by atoms with Crippen molar-refractivity contribution in [2.45, 2.75) is 6.10 Å². The third kappa shape index (κ3) is 4.76. The molecule has 0 aliphatic carbocycles. The van der Waals surface area contributed by atoms with Gasteiger partial charge in [0.05, 0.1) is 31.0 Å². The number of methoxy groups -OCH3 is 1. The average Bonchev–Trinajstić information content (AvgIpc) is 3.21. The number of fused-ring (bicyclic) bond motifs is 3. The summed E-state index contributed by atoms with van der Waals surface area (Å²) < 4.78 is 16.8. The molecule has 1 aromatic heterocycles. The van der Waals surface area contributed by atoms with Gasteiger partial charge in [-0.2, -0.15) is 0 Å². The van der Waals surface area contributed by atoms with Gasteiger partial charge in [-0.15, -0.1) is 4.91 Å². The topological polar surface area (TPSA) is 96.4 Å². The highest BCUT2D eigenvalue weighted by atomic mass is 16.5. The second-order valence-electron chi connectivity index (χ2n) is 7.31. The van der Waals surface area contributed by atoms with Gasteiger partial charge < -0.3 is 24.3 Å². The SMILES string of the molecule is COc1ccccc1OCCN(CC(O)COc1cccc2[nH]c3ccccc3c12)N=O. The fourth-order valence-electron chi connectivity index (χ4n) is 3.64. The van der Waals surface area contributed by atoms with E-state index in [0.717, 1.165) is 21.8 Å². The number of aromatic amines is 1. The van der Waals surface area contributed by atoms with Gasteiger partial charge in [-0.25, -0.2) is 0 Å². The normalized spacial score (nSPS) is 11.9.